The number of hydrogen-bond acceptors (Lipinski definition) is 3. The second-order valence-corrected chi connectivity index (χ2v) is 7.40. The summed E-state index contributed by atoms with van der Waals surface area (Å²) in [5.74, 6) is 1.11. The fourth-order valence-electron chi connectivity index (χ4n) is 5.42. The first-order chi connectivity index (χ1) is 8.51. The maximum absolute atomic E-state index is 11.5. The molecule has 0 aromatic rings. The summed E-state index contributed by atoms with van der Waals surface area (Å²) in [4.78, 5) is 11.5. The summed E-state index contributed by atoms with van der Waals surface area (Å²) in [6, 6.07) is 0. The first-order valence-electron chi connectivity index (χ1n) is 6.53. The minimum atomic E-state index is -1.19. The number of carbonyl (C=O) groups excluding carboxylic acids is 1. The monoisotopic (exact) mass is 286 g/mol. The fourth-order valence-corrected chi connectivity index (χ4v) is 6.42. The lowest BCUT2D eigenvalue weighted by Gasteiger charge is -2.45. The van der Waals surface area contributed by atoms with Crippen LogP contribution in [0, 0.1) is 23.2 Å². The lowest BCUT2D eigenvalue weighted by atomic mass is 9.67. The maximum Gasteiger partial charge on any atom is 0.512 e. The summed E-state index contributed by atoms with van der Waals surface area (Å²) in [5, 5.41) is -2.38. The van der Waals surface area contributed by atoms with Crippen LogP contribution in [0.2, 0.25) is 0 Å². The van der Waals surface area contributed by atoms with Gasteiger partial charge < -0.3 is 9.47 Å². The summed E-state index contributed by atoms with van der Waals surface area (Å²) in [6.45, 7) is 0. The average Bonchev–Trinajstić information content (AvgIpc) is 3.01. The van der Waals surface area contributed by atoms with E-state index in [0.717, 1.165) is 19.3 Å². The second kappa shape index (κ2) is 2.57. The molecule has 1 spiro atoms. The fraction of sp³-hybridized carbons (Fsp3) is 0.769. The van der Waals surface area contributed by atoms with E-state index in [1.807, 2.05) is 0 Å². The molecule has 0 N–H and O–H groups in total. The Kier molecular flexibility index (Phi) is 1.48. The molecule has 3 nitrogen and oxygen atoms in total. The number of carbonyl (C=O) groups is 1. The van der Waals surface area contributed by atoms with E-state index in [4.69, 9.17) is 32.7 Å². The molecule has 4 fully saturated rings. The largest absolute Gasteiger partial charge is 0.512 e. The Balaban J connectivity index is 1.79. The number of fused-ring (bicyclic) bond motifs is 6. The molecule has 4 aliphatic carbocycles. The van der Waals surface area contributed by atoms with Gasteiger partial charge in [0.25, 0.3) is 5.06 Å². The lowest BCUT2D eigenvalue weighted by Crippen LogP contribution is -2.55. The van der Waals surface area contributed by atoms with Gasteiger partial charge in [-0.3, -0.25) is 0 Å². The van der Waals surface area contributed by atoms with Crippen molar-refractivity contribution >= 4 is 29.4 Å². The van der Waals surface area contributed by atoms with Crippen LogP contribution in [0.1, 0.15) is 25.7 Å². The summed E-state index contributed by atoms with van der Waals surface area (Å²) in [5.41, 5.74) is 1.14. The van der Waals surface area contributed by atoms with Crippen LogP contribution in [0.5, 0.6) is 0 Å². The van der Waals surface area contributed by atoms with Gasteiger partial charge in [-0.25, -0.2) is 4.79 Å². The quantitative estimate of drug-likeness (QED) is 0.389. The van der Waals surface area contributed by atoms with E-state index in [1.54, 1.807) is 0 Å². The molecule has 6 atom stereocenters. The Labute approximate surface area is 114 Å². The minimum Gasteiger partial charge on any atom is -0.405 e. The number of rotatable bonds is 0. The van der Waals surface area contributed by atoms with Crippen molar-refractivity contribution in [2.24, 2.45) is 23.2 Å². The molecular weight excluding hydrogens is 275 g/mol. The van der Waals surface area contributed by atoms with E-state index < -0.39 is 16.3 Å². The molecule has 5 rings (SSSR count). The summed E-state index contributed by atoms with van der Waals surface area (Å²) in [7, 11) is 0. The van der Waals surface area contributed by atoms with E-state index in [1.165, 1.54) is 12.0 Å². The van der Waals surface area contributed by atoms with Crippen molar-refractivity contribution in [3.8, 4) is 0 Å². The van der Waals surface area contributed by atoms with Gasteiger partial charge in [0.2, 0.25) is 5.06 Å². The van der Waals surface area contributed by atoms with Crippen LogP contribution in [-0.4, -0.2) is 16.3 Å². The molecule has 1 heterocycles. The molecule has 3 saturated carbocycles. The summed E-state index contributed by atoms with van der Waals surface area (Å²) in [6.07, 6.45) is 5.94. The van der Waals surface area contributed by atoms with Crippen molar-refractivity contribution in [3.63, 3.8) is 0 Å². The zero-order valence-corrected chi connectivity index (χ0v) is 11.1. The number of halogens is 2. The van der Waals surface area contributed by atoms with Gasteiger partial charge in [0.1, 0.15) is 0 Å². The van der Waals surface area contributed by atoms with E-state index in [2.05, 4.69) is 6.08 Å². The smallest absolute Gasteiger partial charge is 0.405 e. The van der Waals surface area contributed by atoms with Crippen molar-refractivity contribution in [1.82, 2.24) is 0 Å². The van der Waals surface area contributed by atoms with Crippen LogP contribution in [0.4, 0.5) is 4.79 Å². The Morgan fingerprint density at radius 2 is 2.11 bits per heavy atom. The minimum absolute atomic E-state index is 0.00140. The van der Waals surface area contributed by atoms with Crippen LogP contribution in [0.3, 0.4) is 0 Å². The Bertz CT molecular complexity index is 532. The Hall–Kier alpha value is -0.410. The van der Waals surface area contributed by atoms with Crippen molar-refractivity contribution in [1.29, 1.82) is 0 Å². The molecule has 0 radical (unpaired) electrons. The van der Waals surface area contributed by atoms with Gasteiger partial charge in [-0.1, -0.05) is 34.9 Å². The van der Waals surface area contributed by atoms with E-state index >= 15 is 0 Å². The van der Waals surface area contributed by atoms with Crippen LogP contribution in [-0.2, 0) is 9.47 Å². The molecule has 1 saturated heterocycles. The van der Waals surface area contributed by atoms with Gasteiger partial charge >= 0.3 is 6.16 Å². The topological polar surface area (TPSA) is 35.5 Å². The lowest BCUT2D eigenvalue weighted by molar-refractivity contribution is -0.00515. The van der Waals surface area contributed by atoms with Crippen LogP contribution in [0.25, 0.3) is 0 Å². The zero-order valence-electron chi connectivity index (χ0n) is 9.62. The van der Waals surface area contributed by atoms with Crippen molar-refractivity contribution in [2.45, 2.75) is 35.8 Å². The first-order valence-corrected chi connectivity index (χ1v) is 7.29. The molecule has 1 aliphatic heterocycles. The number of ether oxygens (including phenoxy) is 2. The second-order valence-electron chi connectivity index (χ2n) is 6.31. The molecule has 5 aliphatic rings. The third-order valence-corrected chi connectivity index (χ3v) is 7.37. The Morgan fingerprint density at radius 3 is 2.94 bits per heavy atom. The van der Waals surface area contributed by atoms with E-state index in [9.17, 15) is 4.79 Å². The molecule has 0 aromatic carbocycles. The zero-order chi connectivity index (χ0) is 12.3. The Morgan fingerprint density at radius 1 is 1.28 bits per heavy atom. The predicted octanol–water partition coefficient (Wildman–Crippen LogP) is 3.40. The molecule has 18 heavy (non-hydrogen) atoms. The van der Waals surface area contributed by atoms with E-state index in [0.29, 0.717) is 11.8 Å². The third kappa shape index (κ3) is 0.726. The predicted molar refractivity (Wildman–Crippen MR) is 64.2 cm³/mol. The third-order valence-electron chi connectivity index (χ3n) is 5.95. The highest BCUT2D eigenvalue weighted by Crippen LogP contribution is 2.80. The van der Waals surface area contributed by atoms with Gasteiger partial charge in [-0.15, -0.1) is 0 Å². The van der Waals surface area contributed by atoms with Crippen LogP contribution < -0.4 is 0 Å². The van der Waals surface area contributed by atoms with Gasteiger partial charge in [0, 0.05) is 5.92 Å². The van der Waals surface area contributed by atoms with Gasteiger partial charge in [0.05, 0.1) is 5.41 Å². The molecule has 4 bridgehead atoms. The standard InChI is InChI=1S/C13H12Cl2O3/c14-12-8-4-9-6-1-2-7(3-6)11(9,5-8)13(12,15)18-10(16)17-12/h4,6-8H,1-3,5H2. The normalized spacial score (nSPS) is 62.4. The number of hydrogen-bond donors (Lipinski definition) is 0. The van der Waals surface area contributed by atoms with Crippen molar-refractivity contribution < 1.29 is 14.3 Å². The van der Waals surface area contributed by atoms with Gasteiger partial charge in [0.15, 0.2) is 0 Å². The average molecular weight is 287 g/mol. The van der Waals surface area contributed by atoms with Gasteiger partial charge in [-0.05, 0) is 37.5 Å². The van der Waals surface area contributed by atoms with Gasteiger partial charge in [-0.2, -0.15) is 0 Å². The van der Waals surface area contributed by atoms with Crippen molar-refractivity contribution in [2.75, 3.05) is 0 Å². The first kappa shape index (κ1) is 10.4. The maximum atomic E-state index is 11.5. The van der Waals surface area contributed by atoms with Crippen molar-refractivity contribution in [3.05, 3.63) is 11.6 Å². The highest BCUT2D eigenvalue weighted by Gasteiger charge is 2.86. The molecule has 6 unspecified atom stereocenters. The van der Waals surface area contributed by atoms with E-state index in [-0.39, 0.29) is 11.3 Å². The molecule has 5 heteroatoms. The molecule has 0 aromatic heterocycles. The van der Waals surface area contributed by atoms with Crippen LogP contribution >= 0.6 is 23.2 Å². The number of alkyl halides is 2. The highest BCUT2D eigenvalue weighted by atomic mass is 35.5. The summed E-state index contributed by atoms with van der Waals surface area (Å²) >= 11 is 13.3. The van der Waals surface area contributed by atoms with Crippen LogP contribution in [0.15, 0.2) is 11.6 Å². The molecule has 96 valence electrons. The summed E-state index contributed by atoms with van der Waals surface area (Å²) < 4.78 is 10.6. The molecular formula is C13H12Cl2O3. The molecule has 0 amide bonds. The SMILES string of the molecule is O=C1OC2(Cl)C3C=C4C5CCC(C5)C4(C3)C2(Cl)O1. The highest BCUT2D eigenvalue weighted by molar-refractivity contribution is 6.36.